The Bertz CT molecular complexity index is 911. The van der Waals surface area contributed by atoms with Crippen LogP contribution in [0.4, 0.5) is 5.69 Å². The van der Waals surface area contributed by atoms with E-state index >= 15 is 0 Å². The van der Waals surface area contributed by atoms with Crippen LogP contribution in [0.1, 0.15) is 17.5 Å². The molecule has 3 aromatic rings. The number of fused-ring (bicyclic) bond motifs is 1. The molecule has 3 heterocycles. The number of pyridine rings is 2. The van der Waals surface area contributed by atoms with Crippen molar-refractivity contribution in [1.82, 2.24) is 9.97 Å². The second-order valence-electron chi connectivity index (χ2n) is 6.55. The van der Waals surface area contributed by atoms with Gasteiger partial charge in [-0.1, -0.05) is 17.7 Å². The minimum Gasteiger partial charge on any atom is -0.473 e. The van der Waals surface area contributed by atoms with E-state index in [-0.39, 0.29) is 0 Å². The number of hydrogen-bond donors (Lipinski definition) is 0. The standard InChI is InChI=1S/C21H20ClN3O/c1-25-8-2-3-17-10-16(4-6-20(17)25)18-9-15(11-23-12-18)14-26-21-7-5-19(22)13-24-21/h4-7,9-13H,2-3,8,14H2,1H3. The molecule has 1 aliphatic rings. The molecule has 26 heavy (non-hydrogen) atoms. The molecule has 4 nitrogen and oxygen atoms in total. The first-order valence-electron chi connectivity index (χ1n) is 8.72. The van der Waals surface area contributed by atoms with Crippen LogP contribution < -0.4 is 9.64 Å². The monoisotopic (exact) mass is 365 g/mol. The van der Waals surface area contributed by atoms with E-state index in [0.29, 0.717) is 17.5 Å². The van der Waals surface area contributed by atoms with Crippen LogP contribution in [0.25, 0.3) is 11.1 Å². The summed E-state index contributed by atoms with van der Waals surface area (Å²) >= 11 is 5.85. The Morgan fingerprint density at radius 2 is 2.00 bits per heavy atom. The van der Waals surface area contributed by atoms with Gasteiger partial charge in [-0.25, -0.2) is 4.98 Å². The van der Waals surface area contributed by atoms with Crippen LogP contribution in [0.2, 0.25) is 5.02 Å². The average molecular weight is 366 g/mol. The lowest BCUT2D eigenvalue weighted by Gasteiger charge is -2.27. The number of benzene rings is 1. The number of hydrogen-bond acceptors (Lipinski definition) is 4. The van der Waals surface area contributed by atoms with Gasteiger partial charge in [-0.2, -0.15) is 0 Å². The third-order valence-corrected chi connectivity index (χ3v) is 4.87. The quantitative estimate of drug-likeness (QED) is 0.668. The maximum Gasteiger partial charge on any atom is 0.213 e. The summed E-state index contributed by atoms with van der Waals surface area (Å²) in [6, 6.07) is 12.3. The van der Waals surface area contributed by atoms with Crippen LogP contribution in [0.15, 0.2) is 55.0 Å². The van der Waals surface area contributed by atoms with Crippen LogP contribution in [0.3, 0.4) is 0 Å². The number of halogens is 1. The summed E-state index contributed by atoms with van der Waals surface area (Å²) in [7, 11) is 2.15. The van der Waals surface area contributed by atoms with E-state index in [1.54, 1.807) is 18.3 Å². The maximum atomic E-state index is 5.85. The van der Waals surface area contributed by atoms with Crippen molar-refractivity contribution in [1.29, 1.82) is 0 Å². The van der Waals surface area contributed by atoms with E-state index in [4.69, 9.17) is 16.3 Å². The molecule has 132 valence electrons. The van der Waals surface area contributed by atoms with Crippen LogP contribution >= 0.6 is 11.6 Å². The Labute approximate surface area is 158 Å². The number of aryl methyl sites for hydroxylation is 1. The first kappa shape index (κ1) is 16.9. The van der Waals surface area contributed by atoms with E-state index in [2.05, 4.69) is 46.2 Å². The lowest BCUT2D eigenvalue weighted by atomic mass is 9.97. The number of rotatable bonds is 4. The predicted molar refractivity (Wildman–Crippen MR) is 105 cm³/mol. The molecule has 0 aliphatic carbocycles. The van der Waals surface area contributed by atoms with Crippen LogP contribution in [-0.4, -0.2) is 23.6 Å². The molecule has 0 fully saturated rings. The maximum absolute atomic E-state index is 5.85. The molecule has 0 spiro atoms. The number of anilines is 1. The number of aromatic nitrogens is 2. The minimum atomic E-state index is 0.420. The third-order valence-electron chi connectivity index (χ3n) is 4.65. The minimum absolute atomic E-state index is 0.420. The largest absolute Gasteiger partial charge is 0.473 e. The molecule has 1 aliphatic heterocycles. The summed E-state index contributed by atoms with van der Waals surface area (Å²) in [5.74, 6) is 0.552. The van der Waals surface area contributed by atoms with Crippen molar-refractivity contribution in [3.8, 4) is 17.0 Å². The summed E-state index contributed by atoms with van der Waals surface area (Å²) in [4.78, 5) is 10.9. The zero-order valence-corrected chi connectivity index (χ0v) is 15.4. The third kappa shape index (κ3) is 3.65. The molecule has 5 heteroatoms. The zero-order valence-electron chi connectivity index (χ0n) is 14.7. The predicted octanol–water partition coefficient (Wildman–Crippen LogP) is 4.76. The second kappa shape index (κ2) is 7.34. The smallest absolute Gasteiger partial charge is 0.213 e. The van der Waals surface area contributed by atoms with Gasteiger partial charge in [0.05, 0.1) is 5.02 Å². The Kier molecular flexibility index (Phi) is 4.76. The van der Waals surface area contributed by atoms with Gasteiger partial charge in [-0.05, 0) is 48.2 Å². The van der Waals surface area contributed by atoms with Crippen molar-refractivity contribution in [3.05, 3.63) is 71.1 Å². The average Bonchev–Trinajstić information content (AvgIpc) is 2.68. The summed E-state index contributed by atoms with van der Waals surface area (Å²) in [6.45, 7) is 1.54. The van der Waals surface area contributed by atoms with Crippen molar-refractivity contribution in [2.24, 2.45) is 0 Å². The summed E-state index contributed by atoms with van der Waals surface area (Å²) in [5, 5.41) is 0.596. The Hall–Kier alpha value is -2.59. The van der Waals surface area contributed by atoms with Gasteiger partial charge in [-0.3, -0.25) is 4.98 Å². The molecule has 0 bridgehead atoms. The Morgan fingerprint density at radius 3 is 2.85 bits per heavy atom. The number of nitrogens with zero attached hydrogens (tertiary/aromatic N) is 3. The highest BCUT2D eigenvalue weighted by molar-refractivity contribution is 6.30. The molecule has 2 aromatic heterocycles. The molecule has 1 aromatic carbocycles. The van der Waals surface area contributed by atoms with Crippen LogP contribution in [0, 0.1) is 0 Å². The molecule has 0 radical (unpaired) electrons. The van der Waals surface area contributed by atoms with Gasteiger partial charge in [0.15, 0.2) is 0 Å². The summed E-state index contributed by atoms with van der Waals surface area (Å²) in [6.07, 6.45) is 7.64. The van der Waals surface area contributed by atoms with Gasteiger partial charge in [-0.15, -0.1) is 0 Å². The molecule has 0 unspecified atom stereocenters. The molecule has 0 saturated heterocycles. The fourth-order valence-corrected chi connectivity index (χ4v) is 3.41. The highest BCUT2D eigenvalue weighted by Gasteiger charge is 2.14. The topological polar surface area (TPSA) is 38.2 Å². The van der Waals surface area contributed by atoms with Crippen molar-refractivity contribution in [2.75, 3.05) is 18.5 Å². The first-order chi connectivity index (χ1) is 12.7. The van der Waals surface area contributed by atoms with E-state index in [1.165, 1.54) is 23.2 Å². The highest BCUT2D eigenvalue weighted by Crippen LogP contribution is 2.31. The van der Waals surface area contributed by atoms with E-state index in [9.17, 15) is 0 Å². The Balaban J connectivity index is 1.53. The second-order valence-corrected chi connectivity index (χ2v) is 6.99. The van der Waals surface area contributed by atoms with E-state index in [0.717, 1.165) is 24.1 Å². The van der Waals surface area contributed by atoms with E-state index < -0.39 is 0 Å². The van der Waals surface area contributed by atoms with Gasteiger partial charge in [0, 0.05) is 55.1 Å². The van der Waals surface area contributed by atoms with Gasteiger partial charge < -0.3 is 9.64 Å². The van der Waals surface area contributed by atoms with Crippen molar-refractivity contribution in [2.45, 2.75) is 19.4 Å². The molecule has 0 N–H and O–H groups in total. The molecule has 0 atom stereocenters. The zero-order chi connectivity index (χ0) is 17.9. The lowest BCUT2D eigenvalue weighted by molar-refractivity contribution is 0.293. The van der Waals surface area contributed by atoms with Gasteiger partial charge in [0.2, 0.25) is 5.88 Å². The molecule has 4 rings (SSSR count). The number of ether oxygens (including phenoxy) is 1. The van der Waals surface area contributed by atoms with Crippen molar-refractivity contribution in [3.63, 3.8) is 0 Å². The van der Waals surface area contributed by atoms with E-state index in [1.807, 2.05) is 12.4 Å². The molecule has 0 saturated carbocycles. The van der Waals surface area contributed by atoms with Crippen LogP contribution in [-0.2, 0) is 13.0 Å². The van der Waals surface area contributed by atoms with Gasteiger partial charge in [0.25, 0.3) is 0 Å². The Morgan fingerprint density at radius 1 is 1.08 bits per heavy atom. The summed E-state index contributed by atoms with van der Waals surface area (Å²) in [5.41, 5.74) is 6.04. The first-order valence-corrected chi connectivity index (χ1v) is 9.09. The fraction of sp³-hybridized carbons (Fsp3) is 0.238. The highest BCUT2D eigenvalue weighted by atomic mass is 35.5. The van der Waals surface area contributed by atoms with Crippen LogP contribution in [0.5, 0.6) is 5.88 Å². The molecular formula is C21H20ClN3O. The SMILES string of the molecule is CN1CCCc2cc(-c3cncc(COc4ccc(Cl)cn4)c3)ccc21. The normalized spacial score (nSPS) is 13.4. The summed E-state index contributed by atoms with van der Waals surface area (Å²) < 4.78 is 5.73. The molecular weight excluding hydrogens is 346 g/mol. The van der Waals surface area contributed by atoms with Crippen molar-refractivity contribution < 1.29 is 4.74 Å². The fourth-order valence-electron chi connectivity index (χ4n) is 3.29. The van der Waals surface area contributed by atoms with Gasteiger partial charge in [0.1, 0.15) is 6.61 Å². The van der Waals surface area contributed by atoms with Gasteiger partial charge >= 0.3 is 0 Å². The lowest BCUT2D eigenvalue weighted by Crippen LogP contribution is -2.24. The molecule has 0 amide bonds. The van der Waals surface area contributed by atoms with Crippen molar-refractivity contribution >= 4 is 17.3 Å².